The van der Waals surface area contributed by atoms with E-state index in [0.29, 0.717) is 21.4 Å². The number of Topliss-reactive ketones (excluding diaryl/α,β-unsaturated/α-hetero) is 1. The van der Waals surface area contributed by atoms with Gasteiger partial charge in [0.25, 0.3) is 0 Å². The number of rotatable bonds is 4. The first-order valence-electron chi connectivity index (χ1n) is 4.22. The van der Waals surface area contributed by atoms with Crippen molar-refractivity contribution in [1.82, 2.24) is 0 Å². The Morgan fingerprint density at radius 2 is 1.93 bits per heavy atom. The van der Waals surface area contributed by atoms with E-state index in [9.17, 15) is 4.79 Å². The van der Waals surface area contributed by atoms with E-state index in [0.717, 1.165) is 0 Å². The highest BCUT2D eigenvalue weighted by molar-refractivity contribution is 6.42. The van der Waals surface area contributed by atoms with E-state index in [1.54, 1.807) is 0 Å². The van der Waals surface area contributed by atoms with Gasteiger partial charge in [0.2, 0.25) is 0 Å². The molecule has 1 aromatic rings. The summed E-state index contributed by atoms with van der Waals surface area (Å²) in [6.07, 6.45) is 0.246. The molecule has 0 aliphatic rings. The number of alkyl halides is 1. The lowest BCUT2D eigenvalue weighted by molar-refractivity contribution is 0.0986. The van der Waals surface area contributed by atoms with Crippen LogP contribution in [0.25, 0.3) is 0 Å². The number of benzene rings is 1. The lowest BCUT2D eigenvalue weighted by atomic mass is 10.1. The second-order valence-electron chi connectivity index (χ2n) is 2.83. The smallest absolute Gasteiger partial charge is 0.167 e. The predicted molar refractivity (Wildman–Crippen MR) is 62.7 cm³/mol. The molecule has 0 radical (unpaired) electrons. The molecule has 0 bridgehead atoms. The van der Waals surface area contributed by atoms with Crippen LogP contribution in [0, 0.1) is 0 Å². The third-order valence-corrected chi connectivity index (χ3v) is 2.78. The highest BCUT2D eigenvalue weighted by atomic mass is 35.5. The summed E-state index contributed by atoms with van der Waals surface area (Å²) in [7, 11) is 1.47. The largest absolute Gasteiger partial charge is 0.496 e. The van der Waals surface area contributed by atoms with E-state index in [2.05, 4.69) is 0 Å². The molecule has 0 heterocycles. The van der Waals surface area contributed by atoms with Crippen LogP contribution in [0.3, 0.4) is 0 Å². The van der Waals surface area contributed by atoms with Gasteiger partial charge in [-0.1, -0.05) is 23.2 Å². The van der Waals surface area contributed by atoms with Crippen molar-refractivity contribution in [3.63, 3.8) is 0 Å². The molecule has 0 aliphatic carbocycles. The molecule has 0 amide bonds. The Kier molecular flexibility index (Phi) is 4.71. The third kappa shape index (κ3) is 3.00. The zero-order valence-electron chi connectivity index (χ0n) is 8.02. The molecule has 1 rings (SSSR count). The molecular formula is C10H9Cl3O2. The highest BCUT2D eigenvalue weighted by Crippen LogP contribution is 2.31. The number of methoxy groups -OCH3 is 1. The number of hydrogen-bond donors (Lipinski definition) is 0. The zero-order valence-corrected chi connectivity index (χ0v) is 10.3. The topological polar surface area (TPSA) is 26.3 Å². The molecule has 0 aromatic heterocycles. The summed E-state index contributed by atoms with van der Waals surface area (Å²) >= 11 is 17.1. The van der Waals surface area contributed by atoms with Gasteiger partial charge in [0.15, 0.2) is 5.78 Å². The first-order chi connectivity index (χ1) is 7.10. The molecule has 15 heavy (non-hydrogen) atoms. The van der Waals surface area contributed by atoms with Gasteiger partial charge in [0.05, 0.1) is 22.7 Å². The maximum atomic E-state index is 11.6. The Hall–Kier alpha value is -0.440. The van der Waals surface area contributed by atoms with Crippen LogP contribution in [0.5, 0.6) is 5.75 Å². The van der Waals surface area contributed by atoms with Gasteiger partial charge in [0, 0.05) is 18.4 Å². The van der Waals surface area contributed by atoms with E-state index in [1.807, 2.05) is 0 Å². The lowest BCUT2D eigenvalue weighted by Gasteiger charge is -2.08. The van der Waals surface area contributed by atoms with Gasteiger partial charge in [-0.3, -0.25) is 4.79 Å². The molecule has 82 valence electrons. The number of hydrogen-bond acceptors (Lipinski definition) is 2. The summed E-state index contributed by atoms with van der Waals surface area (Å²) in [6.45, 7) is 0. The molecule has 0 aliphatic heterocycles. The second-order valence-corrected chi connectivity index (χ2v) is 4.02. The van der Waals surface area contributed by atoms with Crippen molar-refractivity contribution < 1.29 is 9.53 Å². The molecule has 0 spiro atoms. The average molecular weight is 268 g/mol. The molecule has 2 nitrogen and oxygen atoms in total. The van der Waals surface area contributed by atoms with Crippen LogP contribution in [0.2, 0.25) is 10.0 Å². The van der Waals surface area contributed by atoms with Crippen LogP contribution in [0.4, 0.5) is 0 Å². The maximum Gasteiger partial charge on any atom is 0.167 e. The van der Waals surface area contributed by atoms with Crippen molar-refractivity contribution in [2.45, 2.75) is 6.42 Å². The fraction of sp³-hybridized carbons (Fsp3) is 0.300. The van der Waals surface area contributed by atoms with E-state index < -0.39 is 0 Å². The fourth-order valence-electron chi connectivity index (χ4n) is 1.14. The van der Waals surface area contributed by atoms with Gasteiger partial charge in [-0.25, -0.2) is 0 Å². The van der Waals surface area contributed by atoms with Crippen molar-refractivity contribution in [2.75, 3.05) is 13.0 Å². The zero-order chi connectivity index (χ0) is 11.4. The summed E-state index contributed by atoms with van der Waals surface area (Å²) in [6, 6.07) is 3.02. The van der Waals surface area contributed by atoms with E-state index >= 15 is 0 Å². The van der Waals surface area contributed by atoms with E-state index in [1.165, 1.54) is 19.2 Å². The number of carbonyl (C=O) groups is 1. The second kappa shape index (κ2) is 5.59. The van der Waals surface area contributed by atoms with Crippen LogP contribution in [0.1, 0.15) is 16.8 Å². The Balaban J connectivity index is 3.15. The van der Waals surface area contributed by atoms with Gasteiger partial charge in [-0.15, -0.1) is 11.6 Å². The van der Waals surface area contributed by atoms with Crippen LogP contribution >= 0.6 is 34.8 Å². The van der Waals surface area contributed by atoms with Crippen LogP contribution in [-0.4, -0.2) is 18.8 Å². The average Bonchev–Trinajstić information content (AvgIpc) is 2.21. The Labute approximate surface area is 103 Å². The first-order valence-corrected chi connectivity index (χ1v) is 5.51. The van der Waals surface area contributed by atoms with Gasteiger partial charge < -0.3 is 4.74 Å². The maximum absolute atomic E-state index is 11.6. The van der Waals surface area contributed by atoms with Gasteiger partial charge in [-0.05, 0) is 6.07 Å². The minimum atomic E-state index is -0.111. The standard InChI is InChI=1S/C10H9Cl3O2/c1-15-10-5-8(13)7(12)4-6(10)9(14)2-3-11/h4-5H,2-3H2,1H3. The number of ketones is 1. The van der Waals surface area contributed by atoms with Crippen molar-refractivity contribution in [3.8, 4) is 5.75 Å². The van der Waals surface area contributed by atoms with Gasteiger partial charge >= 0.3 is 0 Å². The molecule has 0 saturated heterocycles. The molecule has 0 fully saturated rings. The van der Waals surface area contributed by atoms with Crippen molar-refractivity contribution in [2.24, 2.45) is 0 Å². The summed E-state index contributed by atoms with van der Waals surface area (Å²) in [5.74, 6) is 0.572. The minimum absolute atomic E-state index is 0.111. The normalized spacial score (nSPS) is 10.1. The fourth-order valence-corrected chi connectivity index (χ4v) is 1.62. The quantitative estimate of drug-likeness (QED) is 0.612. The Morgan fingerprint density at radius 3 is 2.47 bits per heavy atom. The van der Waals surface area contributed by atoms with E-state index in [4.69, 9.17) is 39.5 Å². The summed E-state index contributed by atoms with van der Waals surface area (Å²) in [5.41, 5.74) is 0.410. The Bertz CT molecular complexity index is 377. The Morgan fingerprint density at radius 1 is 1.33 bits per heavy atom. The monoisotopic (exact) mass is 266 g/mol. The van der Waals surface area contributed by atoms with Crippen molar-refractivity contribution >= 4 is 40.6 Å². The lowest BCUT2D eigenvalue weighted by Crippen LogP contribution is -2.03. The van der Waals surface area contributed by atoms with E-state index in [-0.39, 0.29) is 18.1 Å². The molecule has 0 atom stereocenters. The van der Waals surface area contributed by atoms with Gasteiger partial charge in [-0.2, -0.15) is 0 Å². The highest BCUT2D eigenvalue weighted by Gasteiger charge is 2.14. The first kappa shape index (κ1) is 12.6. The van der Waals surface area contributed by atoms with Crippen LogP contribution < -0.4 is 4.74 Å². The molecular weight excluding hydrogens is 258 g/mol. The number of carbonyl (C=O) groups excluding carboxylic acids is 1. The molecule has 5 heteroatoms. The van der Waals surface area contributed by atoms with Gasteiger partial charge in [0.1, 0.15) is 5.75 Å². The molecule has 1 aromatic carbocycles. The number of ether oxygens (including phenoxy) is 1. The molecule has 0 saturated carbocycles. The molecule has 0 N–H and O–H groups in total. The summed E-state index contributed by atoms with van der Waals surface area (Å²) in [5, 5.41) is 0.686. The van der Waals surface area contributed by atoms with Crippen molar-refractivity contribution in [1.29, 1.82) is 0 Å². The number of halogens is 3. The summed E-state index contributed by atoms with van der Waals surface area (Å²) < 4.78 is 5.04. The third-order valence-electron chi connectivity index (χ3n) is 1.86. The van der Waals surface area contributed by atoms with Crippen LogP contribution in [-0.2, 0) is 0 Å². The summed E-state index contributed by atoms with van der Waals surface area (Å²) in [4.78, 5) is 11.6. The minimum Gasteiger partial charge on any atom is -0.496 e. The SMILES string of the molecule is COc1cc(Cl)c(Cl)cc1C(=O)CCCl. The van der Waals surface area contributed by atoms with Crippen LogP contribution in [0.15, 0.2) is 12.1 Å². The van der Waals surface area contributed by atoms with Crippen molar-refractivity contribution in [3.05, 3.63) is 27.7 Å². The predicted octanol–water partition coefficient (Wildman–Crippen LogP) is 3.81. The molecule has 0 unspecified atom stereocenters.